The SMILES string of the molecule is C[C@H](c1ccc(OCc2ccccc2)cc1)N(O)C=O. The van der Waals surface area contributed by atoms with Crippen LogP contribution in [-0.2, 0) is 11.4 Å². The summed E-state index contributed by atoms with van der Waals surface area (Å²) >= 11 is 0. The molecular formula is C16H17NO3. The van der Waals surface area contributed by atoms with Gasteiger partial charge in [-0.3, -0.25) is 10.0 Å². The predicted octanol–water partition coefficient (Wildman–Crippen LogP) is 3.17. The zero-order chi connectivity index (χ0) is 14.4. The molecule has 2 rings (SSSR count). The van der Waals surface area contributed by atoms with Gasteiger partial charge in [0.15, 0.2) is 0 Å². The van der Waals surface area contributed by atoms with E-state index in [-0.39, 0.29) is 6.04 Å². The topological polar surface area (TPSA) is 49.8 Å². The molecule has 104 valence electrons. The van der Waals surface area contributed by atoms with Crippen LogP contribution in [0.4, 0.5) is 0 Å². The maximum absolute atomic E-state index is 10.5. The largest absolute Gasteiger partial charge is 0.489 e. The van der Waals surface area contributed by atoms with Gasteiger partial charge < -0.3 is 4.74 Å². The fourth-order valence-corrected chi connectivity index (χ4v) is 1.83. The number of hydrogen-bond donors (Lipinski definition) is 1. The average Bonchev–Trinajstić information content (AvgIpc) is 2.53. The molecule has 1 N–H and O–H groups in total. The van der Waals surface area contributed by atoms with Crippen molar-refractivity contribution in [3.8, 4) is 5.75 Å². The molecule has 2 aromatic rings. The number of hydrogen-bond acceptors (Lipinski definition) is 3. The first-order valence-corrected chi connectivity index (χ1v) is 6.40. The maximum atomic E-state index is 10.5. The van der Waals surface area contributed by atoms with E-state index in [1.54, 1.807) is 6.92 Å². The van der Waals surface area contributed by atoms with E-state index in [4.69, 9.17) is 4.74 Å². The number of amides is 1. The molecule has 0 bridgehead atoms. The highest BCUT2D eigenvalue weighted by Gasteiger charge is 2.11. The van der Waals surface area contributed by atoms with Gasteiger partial charge in [0.1, 0.15) is 12.4 Å². The summed E-state index contributed by atoms with van der Waals surface area (Å²) in [5.74, 6) is 0.750. The minimum atomic E-state index is -0.379. The van der Waals surface area contributed by atoms with E-state index >= 15 is 0 Å². The van der Waals surface area contributed by atoms with Gasteiger partial charge in [-0.15, -0.1) is 0 Å². The van der Waals surface area contributed by atoms with E-state index in [0.717, 1.165) is 16.9 Å². The van der Waals surface area contributed by atoms with Crippen LogP contribution in [0.3, 0.4) is 0 Å². The van der Waals surface area contributed by atoms with E-state index in [2.05, 4.69) is 0 Å². The van der Waals surface area contributed by atoms with Gasteiger partial charge >= 0.3 is 0 Å². The van der Waals surface area contributed by atoms with Crippen molar-refractivity contribution in [3.63, 3.8) is 0 Å². The lowest BCUT2D eigenvalue weighted by atomic mass is 10.1. The number of rotatable bonds is 6. The molecule has 20 heavy (non-hydrogen) atoms. The predicted molar refractivity (Wildman–Crippen MR) is 75.3 cm³/mol. The lowest BCUT2D eigenvalue weighted by Gasteiger charge is -2.18. The fourth-order valence-electron chi connectivity index (χ4n) is 1.83. The Morgan fingerprint density at radius 2 is 1.80 bits per heavy atom. The standard InChI is InChI=1S/C16H17NO3/c1-13(17(19)12-18)15-7-9-16(10-8-15)20-11-14-5-3-2-4-6-14/h2-10,12-13,19H,11H2,1H3/t13-/m1/s1. The molecule has 0 saturated heterocycles. The van der Waals surface area contributed by atoms with Gasteiger partial charge in [-0.2, -0.15) is 0 Å². The minimum absolute atomic E-state index is 0.379. The van der Waals surface area contributed by atoms with Crippen molar-refractivity contribution in [2.45, 2.75) is 19.6 Å². The summed E-state index contributed by atoms with van der Waals surface area (Å²) in [6.45, 7) is 2.25. The Bertz CT molecular complexity index is 539. The zero-order valence-electron chi connectivity index (χ0n) is 11.3. The Kier molecular flexibility index (Phi) is 4.74. The van der Waals surface area contributed by atoms with Crippen LogP contribution in [0.1, 0.15) is 24.1 Å². The van der Waals surface area contributed by atoms with Crippen LogP contribution in [0, 0.1) is 0 Å². The molecule has 0 aromatic heterocycles. The Morgan fingerprint density at radius 3 is 2.40 bits per heavy atom. The Hall–Kier alpha value is -2.33. The summed E-state index contributed by atoms with van der Waals surface area (Å²) in [5, 5.41) is 9.97. The lowest BCUT2D eigenvalue weighted by molar-refractivity contribution is -0.159. The van der Waals surface area contributed by atoms with Crippen LogP contribution in [0.25, 0.3) is 0 Å². The molecule has 0 spiro atoms. The average molecular weight is 271 g/mol. The van der Waals surface area contributed by atoms with Gasteiger partial charge in [0, 0.05) is 0 Å². The van der Waals surface area contributed by atoms with Crippen molar-refractivity contribution in [3.05, 3.63) is 65.7 Å². The van der Waals surface area contributed by atoms with Crippen molar-refractivity contribution < 1.29 is 14.7 Å². The summed E-state index contributed by atoms with van der Waals surface area (Å²) in [6.07, 6.45) is 0.393. The Labute approximate surface area is 118 Å². The van der Waals surface area contributed by atoms with E-state index in [0.29, 0.717) is 18.1 Å². The highest BCUT2D eigenvalue weighted by atomic mass is 16.5. The monoisotopic (exact) mass is 271 g/mol. The second-order valence-corrected chi connectivity index (χ2v) is 4.50. The van der Waals surface area contributed by atoms with Crippen LogP contribution in [0.2, 0.25) is 0 Å². The maximum Gasteiger partial charge on any atom is 0.233 e. The van der Waals surface area contributed by atoms with E-state index in [1.165, 1.54) is 0 Å². The second kappa shape index (κ2) is 6.73. The van der Waals surface area contributed by atoms with Crippen LogP contribution >= 0.6 is 0 Å². The molecule has 1 atom stereocenters. The molecule has 1 amide bonds. The third kappa shape index (κ3) is 3.59. The van der Waals surface area contributed by atoms with Gasteiger partial charge in [-0.05, 0) is 30.2 Å². The van der Waals surface area contributed by atoms with Crippen LogP contribution in [0.15, 0.2) is 54.6 Å². The Balaban J connectivity index is 1.96. The van der Waals surface area contributed by atoms with Crippen molar-refractivity contribution in [2.75, 3.05) is 0 Å². The van der Waals surface area contributed by atoms with Crippen molar-refractivity contribution in [1.82, 2.24) is 5.06 Å². The molecule has 0 radical (unpaired) electrons. The van der Waals surface area contributed by atoms with Gasteiger partial charge in [-0.25, -0.2) is 5.06 Å². The summed E-state index contributed by atoms with van der Waals surface area (Å²) < 4.78 is 5.67. The number of ether oxygens (including phenoxy) is 1. The summed E-state index contributed by atoms with van der Waals surface area (Å²) in [4.78, 5) is 10.5. The summed E-state index contributed by atoms with van der Waals surface area (Å²) in [5.41, 5.74) is 1.94. The molecule has 2 aromatic carbocycles. The molecule has 0 fully saturated rings. The summed E-state index contributed by atoms with van der Waals surface area (Å²) in [6, 6.07) is 16.9. The smallest absolute Gasteiger partial charge is 0.233 e. The third-order valence-corrected chi connectivity index (χ3v) is 3.12. The number of carbonyl (C=O) groups excluding carboxylic acids is 1. The minimum Gasteiger partial charge on any atom is -0.489 e. The molecular weight excluding hydrogens is 254 g/mol. The number of hydroxylamine groups is 2. The number of nitrogens with zero attached hydrogens (tertiary/aromatic N) is 1. The summed E-state index contributed by atoms with van der Waals surface area (Å²) in [7, 11) is 0. The first-order valence-electron chi connectivity index (χ1n) is 6.40. The van der Waals surface area contributed by atoms with Crippen molar-refractivity contribution in [1.29, 1.82) is 0 Å². The highest BCUT2D eigenvalue weighted by molar-refractivity contribution is 5.46. The van der Waals surface area contributed by atoms with E-state index in [9.17, 15) is 10.0 Å². The molecule has 0 unspecified atom stereocenters. The molecule has 0 aliphatic heterocycles. The molecule has 0 saturated carbocycles. The number of carbonyl (C=O) groups is 1. The van der Waals surface area contributed by atoms with Crippen LogP contribution in [0.5, 0.6) is 5.75 Å². The first kappa shape index (κ1) is 14.1. The van der Waals surface area contributed by atoms with Gasteiger partial charge in [0.25, 0.3) is 0 Å². The van der Waals surface area contributed by atoms with Crippen molar-refractivity contribution >= 4 is 6.41 Å². The van der Waals surface area contributed by atoms with Gasteiger partial charge in [0.05, 0.1) is 6.04 Å². The first-order chi connectivity index (χ1) is 9.70. The van der Waals surface area contributed by atoms with Gasteiger partial charge in [0.2, 0.25) is 6.41 Å². The lowest BCUT2D eigenvalue weighted by Crippen LogP contribution is -2.20. The molecule has 4 heteroatoms. The fraction of sp³-hybridized carbons (Fsp3) is 0.188. The van der Waals surface area contributed by atoms with Crippen LogP contribution in [-0.4, -0.2) is 16.7 Å². The quantitative estimate of drug-likeness (QED) is 0.499. The molecule has 0 aliphatic rings. The van der Waals surface area contributed by atoms with Crippen LogP contribution < -0.4 is 4.74 Å². The van der Waals surface area contributed by atoms with E-state index < -0.39 is 0 Å². The van der Waals surface area contributed by atoms with Gasteiger partial charge in [-0.1, -0.05) is 42.5 Å². The Morgan fingerprint density at radius 1 is 1.15 bits per heavy atom. The molecule has 0 heterocycles. The third-order valence-electron chi connectivity index (χ3n) is 3.12. The highest BCUT2D eigenvalue weighted by Crippen LogP contribution is 2.21. The van der Waals surface area contributed by atoms with E-state index in [1.807, 2.05) is 54.6 Å². The normalized spacial score (nSPS) is 11.7. The molecule has 0 aliphatic carbocycles. The van der Waals surface area contributed by atoms with Crippen molar-refractivity contribution in [2.24, 2.45) is 0 Å². The zero-order valence-corrected chi connectivity index (χ0v) is 11.3. The molecule has 4 nitrogen and oxygen atoms in total. The second-order valence-electron chi connectivity index (χ2n) is 4.50. The number of benzene rings is 2.